The summed E-state index contributed by atoms with van der Waals surface area (Å²) in [6.45, 7) is 0.309. The van der Waals surface area contributed by atoms with E-state index in [9.17, 15) is 9.59 Å². The number of halogens is 1. The highest BCUT2D eigenvalue weighted by Crippen LogP contribution is 2.26. The molecule has 1 aliphatic rings. The fraction of sp³-hybridized carbons (Fsp3) is 0.214. The number of nitrogens with two attached hydrogens (primary N) is 1. The van der Waals surface area contributed by atoms with Gasteiger partial charge in [0.15, 0.2) is 0 Å². The number of pyridine rings is 1. The van der Waals surface area contributed by atoms with Gasteiger partial charge in [0.2, 0.25) is 11.8 Å². The molecule has 20 heavy (non-hydrogen) atoms. The molecule has 0 saturated carbocycles. The maximum Gasteiger partial charge on any atom is 0.229 e. The quantitative estimate of drug-likeness (QED) is 0.910. The zero-order chi connectivity index (χ0) is 14.3. The molecular formula is C14H12BrN3O2. The molecule has 1 atom stereocenters. The van der Waals surface area contributed by atoms with E-state index in [1.54, 1.807) is 6.07 Å². The summed E-state index contributed by atoms with van der Waals surface area (Å²) in [6.07, 6.45) is 0.162. The predicted octanol–water partition coefficient (Wildman–Crippen LogP) is 1.84. The minimum atomic E-state index is -0.439. The maximum absolute atomic E-state index is 12.0. The molecule has 5 nitrogen and oxygen atoms in total. The number of aromatic nitrogens is 1. The van der Waals surface area contributed by atoms with Crippen LogP contribution >= 0.6 is 15.9 Å². The van der Waals surface area contributed by atoms with Gasteiger partial charge in [0, 0.05) is 22.8 Å². The monoisotopic (exact) mass is 333 g/mol. The third kappa shape index (κ3) is 2.27. The SMILES string of the molecule is NC(=O)C1CC(=O)N(c2ccc3cc(Br)ccc3n2)C1. The van der Waals surface area contributed by atoms with Crippen molar-refractivity contribution in [2.75, 3.05) is 11.4 Å². The molecule has 1 aliphatic heterocycles. The highest BCUT2D eigenvalue weighted by molar-refractivity contribution is 9.10. The van der Waals surface area contributed by atoms with Crippen LogP contribution in [0.5, 0.6) is 0 Å². The van der Waals surface area contributed by atoms with Gasteiger partial charge >= 0.3 is 0 Å². The number of fused-ring (bicyclic) bond motifs is 1. The van der Waals surface area contributed by atoms with Gasteiger partial charge in [-0.15, -0.1) is 0 Å². The van der Waals surface area contributed by atoms with Gasteiger partial charge < -0.3 is 5.73 Å². The number of benzene rings is 1. The molecule has 0 spiro atoms. The van der Waals surface area contributed by atoms with Crippen LogP contribution in [-0.2, 0) is 9.59 Å². The van der Waals surface area contributed by atoms with Gasteiger partial charge in [0.25, 0.3) is 0 Å². The van der Waals surface area contributed by atoms with Crippen LogP contribution in [0.15, 0.2) is 34.8 Å². The van der Waals surface area contributed by atoms with Gasteiger partial charge in [-0.05, 0) is 30.3 Å². The smallest absolute Gasteiger partial charge is 0.229 e. The predicted molar refractivity (Wildman–Crippen MR) is 79.1 cm³/mol. The van der Waals surface area contributed by atoms with Crippen molar-refractivity contribution in [2.45, 2.75) is 6.42 Å². The largest absolute Gasteiger partial charge is 0.369 e. The van der Waals surface area contributed by atoms with Crippen LogP contribution in [0.4, 0.5) is 5.82 Å². The Bertz CT molecular complexity index is 717. The fourth-order valence-electron chi connectivity index (χ4n) is 2.36. The molecule has 1 aromatic heterocycles. The number of amides is 2. The van der Waals surface area contributed by atoms with Crippen LogP contribution in [-0.4, -0.2) is 23.3 Å². The first kappa shape index (κ1) is 13.1. The second-order valence-electron chi connectivity index (χ2n) is 4.81. The molecule has 1 unspecified atom stereocenters. The first-order chi connectivity index (χ1) is 9.54. The Morgan fingerprint density at radius 3 is 2.85 bits per heavy atom. The second kappa shape index (κ2) is 4.86. The molecule has 2 amide bonds. The Morgan fingerprint density at radius 1 is 1.35 bits per heavy atom. The van der Waals surface area contributed by atoms with Gasteiger partial charge in [-0.2, -0.15) is 0 Å². The number of anilines is 1. The van der Waals surface area contributed by atoms with Crippen molar-refractivity contribution >= 4 is 44.5 Å². The molecular weight excluding hydrogens is 322 g/mol. The molecule has 1 aromatic carbocycles. The van der Waals surface area contributed by atoms with E-state index in [1.807, 2.05) is 24.3 Å². The maximum atomic E-state index is 12.0. The number of primary amides is 1. The fourth-order valence-corrected chi connectivity index (χ4v) is 2.73. The van der Waals surface area contributed by atoms with E-state index in [0.29, 0.717) is 12.4 Å². The van der Waals surface area contributed by atoms with E-state index < -0.39 is 11.8 Å². The summed E-state index contributed by atoms with van der Waals surface area (Å²) in [5.74, 6) is -0.415. The summed E-state index contributed by atoms with van der Waals surface area (Å²) >= 11 is 3.41. The van der Waals surface area contributed by atoms with Crippen LogP contribution < -0.4 is 10.6 Å². The van der Waals surface area contributed by atoms with Gasteiger partial charge in [0.05, 0.1) is 11.4 Å². The minimum absolute atomic E-state index is 0.113. The average molecular weight is 334 g/mol. The number of carbonyl (C=O) groups excluding carboxylic acids is 2. The van der Waals surface area contributed by atoms with Crippen LogP contribution in [0.1, 0.15) is 6.42 Å². The summed E-state index contributed by atoms with van der Waals surface area (Å²) in [5, 5.41) is 0.987. The lowest BCUT2D eigenvalue weighted by molar-refractivity contribution is -0.123. The standard InChI is InChI=1S/C14H12BrN3O2/c15-10-2-3-11-8(5-10)1-4-12(17-11)18-7-9(14(16)20)6-13(18)19/h1-5,9H,6-7H2,(H2,16,20). The molecule has 2 aromatic rings. The Morgan fingerprint density at radius 2 is 2.15 bits per heavy atom. The molecule has 1 saturated heterocycles. The van der Waals surface area contributed by atoms with E-state index >= 15 is 0 Å². The van der Waals surface area contributed by atoms with Crippen molar-refractivity contribution < 1.29 is 9.59 Å². The van der Waals surface area contributed by atoms with Gasteiger partial charge in [-0.3, -0.25) is 14.5 Å². The Balaban J connectivity index is 1.96. The first-order valence-corrected chi connectivity index (χ1v) is 7.00. The van der Waals surface area contributed by atoms with Crippen LogP contribution in [0.25, 0.3) is 10.9 Å². The molecule has 6 heteroatoms. The highest BCUT2D eigenvalue weighted by Gasteiger charge is 2.34. The van der Waals surface area contributed by atoms with Gasteiger partial charge in [-0.25, -0.2) is 4.98 Å². The summed E-state index contributed by atoms with van der Waals surface area (Å²) in [4.78, 5) is 29.1. The van der Waals surface area contributed by atoms with E-state index in [4.69, 9.17) is 5.73 Å². The number of hydrogen-bond donors (Lipinski definition) is 1. The molecule has 0 bridgehead atoms. The number of hydrogen-bond acceptors (Lipinski definition) is 3. The number of rotatable bonds is 2. The molecule has 102 valence electrons. The van der Waals surface area contributed by atoms with E-state index in [1.165, 1.54) is 4.90 Å². The molecule has 0 aliphatic carbocycles. The van der Waals surface area contributed by atoms with E-state index in [0.717, 1.165) is 15.4 Å². The van der Waals surface area contributed by atoms with Crippen molar-refractivity contribution in [3.8, 4) is 0 Å². The molecule has 2 heterocycles. The lowest BCUT2D eigenvalue weighted by atomic mass is 10.1. The van der Waals surface area contributed by atoms with Crippen LogP contribution in [0.2, 0.25) is 0 Å². The normalized spacial score (nSPS) is 18.8. The molecule has 1 fully saturated rings. The molecule has 0 radical (unpaired) electrons. The Kier molecular flexibility index (Phi) is 3.17. The van der Waals surface area contributed by atoms with Crippen molar-refractivity contribution in [3.63, 3.8) is 0 Å². The number of nitrogens with zero attached hydrogens (tertiary/aromatic N) is 2. The zero-order valence-corrected chi connectivity index (χ0v) is 12.1. The molecule has 3 rings (SSSR count). The zero-order valence-electron chi connectivity index (χ0n) is 10.5. The molecule has 2 N–H and O–H groups in total. The third-order valence-electron chi connectivity index (χ3n) is 3.44. The summed E-state index contributed by atoms with van der Waals surface area (Å²) in [6, 6.07) is 9.44. The summed E-state index contributed by atoms with van der Waals surface area (Å²) in [5.41, 5.74) is 6.07. The van der Waals surface area contributed by atoms with Gasteiger partial charge in [0.1, 0.15) is 5.82 Å². The topological polar surface area (TPSA) is 76.3 Å². The first-order valence-electron chi connectivity index (χ1n) is 6.20. The Hall–Kier alpha value is -1.95. The van der Waals surface area contributed by atoms with E-state index in [2.05, 4.69) is 20.9 Å². The Labute approximate surface area is 123 Å². The van der Waals surface area contributed by atoms with Crippen molar-refractivity contribution in [2.24, 2.45) is 11.7 Å². The number of carbonyl (C=O) groups is 2. The lowest BCUT2D eigenvalue weighted by Gasteiger charge is -2.15. The highest BCUT2D eigenvalue weighted by atomic mass is 79.9. The van der Waals surface area contributed by atoms with E-state index in [-0.39, 0.29) is 12.3 Å². The third-order valence-corrected chi connectivity index (χ3v) is 3.93. The average Bonchev–Trinajstić information content (AvgIpc) is 2.80. The second-order valence-corrected chi connectivity index (χ2v) is 5.73. The van der Waals surface area contributed by atoms with Crippen molar-refractivity contribution in [1.82, 2.24) is 4.98 Å². The van der Waals surface area contributed by atoms with Crippen LogP contribution in [0.3, 0.4) is 0 Å². The van der Waals surface area contributed by atoms with Crippen molar-refractivity contribution in [3.05, 3.63) is 34.8 Å². The minimum Gasteiger partial charge on any atom is -0.369 e. The van der Waals surface area contributed by atoms with Crippen molar-refractivity contribution in [1.29, 1.82) is 0 Å². The lowest BCUT2D eigenvalue weighted by Crippen LogP contribution is -2.28. The van der Waals surface area contributed by atoms with Crippen LogP contribution in [0, 0.1) is 5.92 Å². The summed E-state index contributed by atoms with van der Waals surface area (Å²) in [7, 11) is 0. The summed E-state index contributed by atoms with van der Waals surface area (Å²) < 4.78 is 0.977. The van der Waals surface area contributed by atoms with Gasteiger partial charge in [-0.1, -0.05) is 15.9 Å².